The van der Waals surface area contributed by atoms with E-state index in [1.54, 1.807) is 24.3 Å². The highest BCUT2D eigenvalue weighted by Crippen LogP contribution is 2.35. The van der Waals surface area contributed by atoms with Crippen LogP contribution in [-0.4, -0.2) is 12.6 Å². The van der Waals surface area contributed by atoms with Gasteiger partial charge in [-0.1, -0.05) is 42.0 Å². The third-order valence-electron chi connectivity index (χ3n) is 5.09. The number of hydrogen-bond donors (Lipinski definition) is 0. The van der Waals surface area contributed by atoms with E-state index in [-0.39, 0.29) is 0 Å². The number of rotatable bonds is 6. The van der Waals surface area contributed by atoms with Crippen molar-refractivity contribution < 1.29 is 9.59 Å². The van der Waals surface area contributed by atoms with Crippen molar-refractivity contribution in [3.63, 3.8) is 0 Å². The van der Waals surface area contributed by atoms with E-state index in [1.807, 2.05) is 24.3 Å². The number of nitrogens with zero attached hydrogens (tertiary/aromatic N) is 1. The number of aldehydes is 2. The number of carbonyl (C=O) groups is 2. The second kappa shape index (κ2) is 8.58. The smallest absolute Gasteiger partial charge is 0.150 e. The molecular formula is C27H21NO2. The highest BCUT2D eigenvalue weighted by atomic mass is 16.1. The average molecular weight is 391 g/mol. The molecule has 0 aliphatic carbocycles. The van der Waals surface area contributed by atoms with Crippen molar-refractivity contribution >= 4 is 29.6 Å². The van der Waals surface area contributed by atoms with E-state index >= 15 is 0 Å². The van der Waals surface area contributed by atoms with E-state index in [4.69, 9.17) is 0 Å². The molecule has 0 saturated carbocycles. The van der Waals surface area contributed by atoms with E-state index in [0.717, 1.165) is 35.2 Å². The fourth-order valence-corrected chi connectivity index (χ4v) is 3.40. The van der Waals surface area contributed by atoms with Crippen LogP contribution in [0.3, 0.4) is 0 Å². The summed E-state index contributed by atoms with van der Waals surface area (Å²) in [6.07, 6.45) is 1.67. The zero-order valence-electron chi connectivity index (χ0n) is 16.7. The Balaban J connectivity index is 1.75. The Bertz CT molecular complexity index is 1090. The van der Waals surface area contributed by atoms with Crippen molar-refractivity contribution in [1.29, 1.82) is 0 Å². The van der Waals surface area contributed by atoms with Gasteiger partial charge in [-0.05, 0) is 78.7 Å². The molecule has 30 heavy (non-hydrogen) atoms. The molecule has 0 radical (unpaired) electrons. The van der Waals surface area contributed by atoms with Gasteiger partial charge >= 0.3 is 0 Å². The number of hydrogen-bond acceptors (Lipinski definition) is 3. The third-order valence-corrected chi connectivity index (χ3v) is 5.09. The van der Waals surface area contributed by atoms with Crippen molar-refractivity contribution in [3.8, 4) is 11.1 Å². The summed E-state index contributed by atoms with van der Waals surface area (Å²) >= 11 is 0. The predicted molar refractivity (Wildman–Crippen MR) is 122 cm³/mol. The van der Waals surface area contributed by atoms with Crippen LogP contribution in [0.2, 0.25) is 0 Å². The molecule has 0 unspecified atom stereocenters. The van der Waals surface area contributed by atoms with Gasteiger partial charge in [0.15, 0.2) is 0 Å². The minimum atomic E-state index is 0.629. The molecule has 3 heteroatoms. The molecule has 0 saturated heterocycles. The van der Waals surface area contributed by atoms with Gasteiger partial charge in [0, 0.05) is 28.2 Å². The lowest BCUT2D eigenvalue weighted by atomic mass is 10.0. The number of anilines is 3. The minimum Gasteiger partial charge on any atom is -0.311 e. The minimum absolute atomic E-state index is 0.629. The molecule has 0 aliphatic rings. The molecule has 0 fully saturated rings. The summed E-state index contributed by atoms with van der Waals surface area (Å²) < 4.78 is 0. The highest BCUT2D eigenvalue weighted by molar-refractivity contribution is 5.82. The molecule has 0 aliphatic heterocycles. The summed E-state index contributed by atoms with van der Waals surface area (Å²) in [5.74, 6) is 0. The van der Waals surface area contributed by atoms with Crippen LogP contribution in [0.5, 0.6) is 0 Å². The number of aryl methyl sites for hydroxylation is 1. The largest absolute Gasteiger partial charge is 0.311 e. The lowest BCUT2D eigenvalue weighted by Gasteiger charge is -2.26. The van der Waals surface area contributed by atoms with Gasteiger partial charge in [0.1, 0.15) is 12.6 Å². The Morgan fingerprint density at radius 2 is 0.833 bits per heavy atom. The van der Waals surface area contributed by atoms with Crippen LogP contribution >= 0.6 is 0 Å². The molecule has 0 atom stereocenters. The second-order valence-corrected chi connectivity index (χ2v) is 7.17. The average Bonchev–Trinajstić information content (AvgIpc) is 2.81. The van der Waals surface area contributed by atoms with Crippen LogP contribution in [0.4, 0.5) is 17.1 Å². The standard InChI is InChI=1S/C27H21NO2/c1-20-2-8-23(9-3-20)24-10-16-27(17-11-24)28(25-12-4-21(18-29)5-13-25)26-14-6-22(19-30)7-15-26/h2-19H,1H3. The zero-order valence-corrected chi connectivity index (χ0v) is 16.7. The molecule has 0 bridgehead atoms. The normalized spacial score (nSPS) is 10.4. The summed E-state index contributed by atoms with van der Waals surface area (Å²) in [5, 5.41) is 0. The van der Waals surface area contributed by atoms with Gasteiger partial charge in [0.2, 0.25) is 0 Å². The van der Waals surface area contributed by atoms with Crippen molar-refractivity contribution in [2.24, 2.45) is 0 Å². The summed E-state index contributed by atoms with van der Waals surface area (Å²) in [4.78, 5) is 24.2. The van der Waals surface area contributed by atoms with E-state index in [1.165, 1.54) is 11.1 Å². The summed E-state index contributed by atoms with van der Waals surface area (Å²) in [7, 11) is 0. The zero-order chi connectivity index (χ0) is 20.9. The Morgan fingerprint density at radius 3 is 1.20 bits per heavy atom. The van der Waals surface area contributed by atoms with Gasteiger partial charge in [-0.2, -0.15) is 0 Å². The quantitative estimate of drug-likeness (QED) is 0.341. The molecular weight excluding hydrogens is 370 g/mol. The van der Waals surface area contributed by atoms with Crippen LogP contribution in [0, 0.1) is 6.92 Å². The molecule has 0 spiro atoms. The SMILES string of the molecule is Cc1ccc(-c2ccc(N(c3ccc(C=O)cc3)c3ccc(C=O)cc3)cc2)cc1. The maximum Gasteiger partial charge on any atom is 0.150 e. The molecule has 0 aromatic heterocycles. The summed E-state index contributed by atoms with van der Waals surface area (Å²) in [6.45, 7) is 2.08. The Labute approximate surface area is 176 Å². The van der Waals surface area contributed by atoms with E-state index in [0.29, 0.717) is 11.1 Å². The van der Waals surface area contributed by atoms with Crippen molar-refractivity contribution in [2.75, 3.05) is 4.90 Å². The number of benzene rings is 4. The van der Waals surface area contributed by atoms with Crippen LogP contribution < -0.4 is 4.90 Å². The molecule has 0 N–H and O–H groups in total. The van der Waals surface area contributed by atoms with Crippen molar-refractivity contribution in [2.45, 2.75) is 6.92 Å². The van der Waals surface area contributed by atoms with Crippen LogP contribution in [-0.2, 0) is 0 Å². The molecule has 4 rings (SSSR count). The highest BCUT2D eigenvalue weighted by Gasteiger charge is 2.13. The van der Waals surface area contributed by atoms with Crippen LogP contribution in [0.1, 0.15) is 26.3 Å². The first-order valence-electron chi connectivity index (χ1n) is 9.76. The first-order valence-corrected chi connectivity index (χ1v) is 9.76. The van der Waals surface area contributed by atoms with Gasteiger partial charge in [0.05, 0.1) is 0 Å². The van der Waals surface area contributed by atoms with E-state index in [9.17, 15) is 9.59 Å². The Hall–Kier alpha value is -3.98. The molecule has 0 amide bonds. The van der Waals surface area contributed by atoms with Gasteiger partial charge in [-0.3, -0.25) is 9.59 Å². The summed E-state index contributed by atoms with van der Waals surface area (Å²) in [5.41, 5.74) is 7.66. The lowest BCUT2D eigenvalue weighted by molar-refractivity contribution is 0.111. The first kappa shape index (κ1) is 19.3. The molecule has 0 heterocycles. The van der Waals surface area contributed by atoms with Gasteiger partial charge in [0.25, 0.3) is 0 Å². The Morgan fingerprint density at radius 1 is 0.500 bits per heavy atom. The number of carbonyl (C=O) groups excluding carboxylic acids is 2. The fraction of sp³-hybridized carbons (Fsp3) is 0.0370. The van der Waals surface area contributed by atoms with Crippen molar-refractivity contribution in [3.05, 3.63) is 114 Å². The molecule has 3 nitrogen and oxygen atoms in total. The Kier molecular flexibility index (Phi) is 5.53. The van der Waals surface area contributed by atoms with Gasteiger partial charge in [-0.25, -0.2) is 0 Å². The molecule has 4 aromatic rings. The summed E-state index contributed by atoms with van der Waals surface area (Å²) in [6, 6.07) is 31.7. The first-order chi connectivity index (χ1) is 14.7. The third kappa shape index (κ3) is 4.06. The van der Waals surface area contributed by atoms with Crippen molar-refractivity contribution in [1.82, 2.24) is 0 Å². The molecule has 4 aromatic carbocycles. The van der Waals surface area contributed by atoms with Gasteiger partial charge < -0.3 is 4.90 Å². The topological polar surface area (TPSA) is 37.4 Å². The van der Waals surface area contributed by atoms with Gasteiger partial charge in [-0.15, -0.1) is 0 Å². The second-order valence-electron chi connectivity index (χ2n) is 7.17. The van der Waals surface area contributed by atoms with E-state index < -0.39 is 0 Å². The maximum atomic E-state index is 11.0. The monoisotopic (exact) mass is 391 g/mol. The van der Waals surface area contributed by atoms with Crippen LogP contribution in [0.25, 0.3) is 11.1 Å². The maximum absolute atomic E-state index is 11.0. The van der Waals surface area contributed by atoms with E-state index in [2.05, 4.69) is 60.4 Å². The fourth-order valence-electron chi connectivity index (χ4n) is 3.40. The van der Waals surface area contributed by atoms with Crippen LogP contribution in [0.15, 0.2) is 97.1 Å². The lowest BCUT2D eigenvalue weighted by Crippen LogP contribution is -2.10. The molecule has 146 valence electrons. The predicted octanol–water partition coefficient (Wildman–Crippen LogP) is 6.76.